The molecule has 0 aromatic heterocycles. The van der Waals surface area contributed by atoms with Crippen molar-refractivity contribution in [2.75, 3.05) is 17.7 Å². The molecule has 1 aromatic carbocycles. The monoisotopic (exact) mass is 393 g/mol. The minimum absolute atomic E-state index is 0.0823. The Morgan fingerprint density at radius 3 is 2.93 bits per heavy atom. The Labute approximate surface area is 159 Å². The number of amides is 2. The van der Waals surface area contributed by atoms with E-state index >= 15 is 0 Å². The second-order valence-corrected chi connectivity index (χ2v) is 8.18. The fourth-order valence-electron chi connectivity index (χ4n) is 3.27. The fourth-order valence-corrected chi connectivity index (χ4v) is 4.69. The molecule has 0 aliphatic carbocycles. The number of anilines is 1. The van der Waals surface area contributed by atoms with Crippen LogP contribution in [0.15, 0.2) is 18.2 Å². The number of nitrogens with zero attached hydrogens (tertiary/aromatic N) is 2. The van der Waals surface area contributed by atoms with Crippen molar-refractivity contribution in [2.24, 2.45) is 0 Å². The number of carbonyl (C=O) groups is 3. The smallest absolute Gasteiger partial charge is 0.330 e. The van der Waals surface area contributed by atoms with Gasteiger partial charge in [-0.2, -0.15) is 0 Å². The average Bonchev–Trinajstić information content (AvgIpc) is 3.11. The molecule has 1 aromatic rings. The van der Waals surface area contributed by atoms with Gasteiger partial charge in [0.15, 0.2) is 6.61 Å². The number of hydrogen-bond acceptors (Lipinski definition) is 7. The quantitative estimate of drug-likeness (QED) is 0.460. The van der Waals surface area contributed by atoms with E-state index in [2.05, 4.69) is 5.32 Å². The summed E-state index contributed by atoms with van der Waals surface area (Å²) in [6.45, 7) is 3.09. The molecule has 144 valence electrons. The number of rotatable bonds is 5. The van der Waals surface area contributed by atoms with Crippen LogP contribution in [0.5, 0.6) is 0 Å². The molecule has 2 amide bonds. The molecule has 0 bridgehead atoms. The minimum Gasteiger partial charge on any atom is -0.454 e. The van der Waals surface area contributed by atoms with E-state index in [1.165, 1.54) is 30.0 Å². The number of non-ortho nitro benzene ring substituents is 1. The van der Waals surface area contributed by atoms with Crippen LogP contribution in [-0.4, -0.2) is 50.9 Å². The van der Waals surface area contributed by atoms with Crippen LogP contribution in [0.25, 0.3) is 0 Å². The highest BCUT2D eigenvalue weighted by atomic mass is 32.2. The zero-order valence-electron chi connectivity index (χ0n) is 14.9. The summed E-state index contributed by atoms with van der Waals surface area (Å²) < 4.78 is 5.09. The number of fused-ring (bicyclic) bond motifs is 1. The predicted octanol–water partition coefficient (Wildman–Crippen LogP) is 1.84. The SMILES string of the molecule is Cc1ccc([N+](=O)[O-])cc1NC(=O)COC(=O)[C@@H]1CS[C@@]2(C)CCC(=O)N12. The molecule has 0 saturated carbocycles. The topological polar surface area (TPSA) is 119 Å². The highest BCUT2D eigenvalue weighted by Crippen LogP contribution is 2.47. The summed E-state index contributed by atoms with van der Waals surface area (Å²) in [4.78, 5) is 47.9. The third kappa shape index (κ3) is 3.75. The van der Waals surface area contributed by atoms with Crippen molar-refractivity contribution in [3.05, 3.63) is 33.9 Å². The van der Waals surface area contributed by atoms with Crippen LogP contribution in [0.3, 0.4) is 0 Å². The Kier molecular flexibility index (Phi) is 5.09. The van der Waals surface area contributed by atoms with Gasteiger partial charge < -0.3 is 15.0 Å². The van der Waals surface area contributed by atoms with Gasteiger partial charge in [0.2, 0.25) is 5.91 Å². The number of nitrogens with one attached hydrogen (secondary N) is 1. The fraction of sp³-hybridized carbons (Fsp3) is 0.471. The van der Waals surface area contributed by atoms with Gasteiger partial charge in [-0.05, 0) is 25.8 Å². The van der Waals surface area contributed by atoms with Gasteiger partial charge in [0.05, 0.1) is 15.5 Å². The number of thioether (sulfide) groups is 1. The maximum absolute atomic E-state index is 12.3. The van der Waals surface area contributed by atoms with Crippen LogP contribution >= 0.6 is 11.8 Å². The number of esters is 1. The second-order valence-electron chi connectivity index (χ2n) is 6.68. The van der Waals surface area contributed by atoms with Gasteiger partial charge in [-0.25, -0.2) is 4.79 Å². The number of benzene rings is 1. The van der Waals surface area contributed by atoms with Gasteiger partial charge >= 0.3 is 5.97 Å². The van der Waals surface area contributed by atoms with Crippen molar-refractivity contribution < 1.29 is 24.0 Å². The van der Waals surface area contributed by atoms with Gasteiger partial charge in [-0.1, -0.05) is 6.07 Å². The molecule has 10 heteroatoms. The van der Waals surface area contributed by atoms with Gasteiger partial charge in [0, 0.05) is 24.3 Å². The van der Waals surface area contributed by atoms with Crippen LogP contribution in [0.4, 0.5) is 11.4 Å². The van der Waals surface area contributed by atoms with E-state index < -0.39 is 29.4 Å². The first kappa shape index (κ1) is 19.2. The second kappa shape index (κ2) is 7.18. The van der Waals surface area contributed by atoms with Crippen molar-refractivity contribution in [3.63, 3.8) is 0 Å². The molecule has 2 aliphatic heterocycles. The lowest BCUT2D eigenvalue weighted by Crippen LogP contribution is -2.47. The van der Waals surface area contributed by atoms with E-state index in [9.17, 15) is 24.5 Å². The van der Waals surface area contributed by atoms with E-state index in [0.29, 0.717) is 24.2 Å². The first-order valence-electron chi connectivity index (χ1n) is 8.39. The van der Waals surface area contributed by atoms with Crippen molar-refractivity contribution in [3.8, 4) is 0 Å². The zero-order chi connectivity index (χ0) is 19.8. The molecular formula is C17H19N3O6S. The Balaban J connectivity index is 1.58. The number of aryl methyl sites for hydroxylation is 1. The molecule has 27 heavy (non-hydrogen) atoms. The lowest BCUT2D eigenvalue weighted by atomic mass is 10.2. The Bertz CT molecular complexity index is 829. The van der Waals surface area contributed by atoms with E-state index in [1.54, 1.807) is 11.8 Å². The third-order valence-electron chi connectivity index (χ3n) is 4.77. The maximum atomic E-state index is 12.3. The molecule has 2 atom stereocenters. The van der Waals surface area contributed by atoms with Crippen LogP contribution in [0, 0.1) is 17.0 Å². The van der Waals surface area contributed by atoms with Crippen LogP contribution in [0.2, 0.25) is 0 Å². The van der Waals surface area contributed by atoms with E-state index in [-0.39, 0.29) is 22.2 Å². The van der Waals surface area contributed by atoms with Crippen LogP contribution < -0.4 is 5.32 Å². The molecule has 0 spiro atoms. The summed E-state index contributed by atoms with van der Waals surface area (Å²) in [5.41, 5.74) is 0.776. The molecule has 2 heterocycles. The normalized spacial score (nSPS) is 23.9. The predicted molar refractivity (Wildman–Crippen MR) is 98.2 cm³/mol. The van der Waals surface area contributed by atoms with E-state index in [0.717, 1.165) is 0 Å². The first-order chi connectivity index (χ1) is 12.7. The van der Waals surface area contributed by atoms with Crippen molar-refractivity contribution in [1.82, 2.24) is 4.90 Å². The molecule has 3 rings (SSSR count). The van der Waals surface area contributed by atoms with Gasteiger partial charge in [0.25, 0.3) is 11.6 Å². The Morgan fingerprint density at radius 2 is 2.22 bits per heavy atom. The summed E-state index contributed by atoms with van der Waals surface area (Å²) in [6, 6.07) is 3.42. The highest BCUT2D eigenvalue weighted by molar-refractivity contribution is 8.01. The molecule has 2 fully saturated rings. The zero-order valence-corrected chi connectivity index (χ0v) is 15.7. The standard InChI is InChI=1S/C17H19N3O6S/c1-10-3-4-11(20(24)25)7-12(10)18-14(21)8-26-16(23)13-9-27-17(2)6-5-15(22)19(13)17/h3-4,7,13H,5-6,8-9H2,1-2H3,(H,18,21)/t13-,17-/m0/s1. The molecule has 0 unspecified atom stereocenters. The van der Waals surface area contributed by atoms with Gasteiger partial charge in [0.1, 0.15) is 6.04 Å². The largest absolute Gasteiger partial charge is 0.454 e. The van der Waals surface area contributed by atoms with Crippen LogP contribution in [-0.2, 0) is 19.1 Å². The third-order valence-corrected chi connectivity index (χ3v) is 6.27. The number of hydrogen-bond donors (Lipinski definition) is 1. The Hall–Kier alpha value is -2.62. The molecule has 9 nitrogen and oxygen atoms in total. The molecule has 1 N–H and O–H groups in total. The summed E-state index contributed by atoms with van der Waals surface area (Å²) in [7, 11) is 0. The van der Waals surface area contributed by atoms with Crippen molar-refractivity contribution in [1.29, 1.82) is 0 Å². The van der Waals surface area contributed by atoms with E-state index in [4.69, 9.17) is 4.74 Å². The molecule has 0 radical (unpaired) electrons. The lowest BCUT2D eigenvalue weighted by molar-refractivity contribution is -0.384. The van der Waals surface area contributed by atoms with Crippen LogP contribution in [0.1, 0.15) is 25.3 Å². The number of nitro groups is 1. The summed E-state index contributed by atoms with van der Waals surface area (Å²) in [5, 5.41) is 13.4. The van der Waals surface area contributed by atoms with Crippen molar-refractivity contribution in [2.45, 2.75) is 37.6 Å². The lowest BCUT2D eigenvalue weighted by Gasteiger charge is -2.29. The number of carbonyl (C=O) groups excluding carboxylic acids is 3. The number of nitro benzene ring substituents is 1. The first-order valence-corrected chi connectivity index (χ1v) is 9.37. The summed E-state index contributed by atoms with van der Waals surface area (Å²) >= 11 is 1.54. The maximum Gasteiger partial charge on any atom is 0.330 e. The summed E-state index contributed by atoms with van der Waals surface area (Å²) in [5.74, 6) is -0.867. The molecule has 2 saturated heterocycles. The minimum atomic E-state index is -0.692. The number of ether oxygens (including phenoxy) is 1. The molecule has 2 aliphatic rings. The van der Waals surface area contributed by atoms with Gasteiger partial charge in [-0.3, -0.25) is 19.7 Å². The molecular weight excluding hydrogens is 374 g/mol. The van der Waals surface area contributed by atoms with E-state index in [1.807, 2.05) is 6.92 Å². The van der Waals surface area contributed by atoms with Gasteiger partial charge in [-0.15, -0.1) is 11.8 Å². The van der Waals surface area contributed by atoms with Crippen molar-refractivity contribution >= 4 is 40.9 Å². The summed E-state index contributed by atoms with van der Waals surface area (Å²) in [6.07, 6.45) is 1.09. The average molecular weight is 393 g/mol. The Morgan fingerprint density at radius 1 is 1.48 bits per heavy atom. The highest BCUT2D eigenvalue weighted by Gasteiger charge is 2.53.